The van der Waals surface area contributed by atoms with E-state index in [-0.39, 0.29) is 6.03 Å². The lowest BCUT2D eigenvalue weighted by Crippen LogP contribution is -2.43. The topological polar surface area (TPSA) is 44.8 Å². The van der Waals surface area contributed by atoms with Gasteiger partial charge in [0, 0.05) is 37.6 Å². The van der Waals surface area contributed by atoms with Crippen molar-refractivity contribution in [3.05, 3.63) is 23.8 Å². The highest BCUT2D eigenvalue weighted by Crippen LogP contribution is 2.26. The zero-order chi connectivity index (χ0) is 15.4. The molecule has 1 aromatic carbocycles. The van der Waals surface area contributed by atoms with Crippen molar-refractivity contribution in [3.63, 3.8) is 0 Å². The monoisotopic (exact) mass is 303 g/mol. The van der Waals surface area contributed by atoms with Gasteiger partial charge in [-0.25, -0.2) is 4.79 Å². The number of morpholine rings is 1. The van der Waals surface area contributed by atoms with E-state index in [0.717, 1.165) is 24.3 Å². The van der Waals surface area contributed by atoms with Gasteiger partial charge in [0.25, 0.3) is 0 Å². The van der Waals surface area contributed by atoms with Crippen molar-refractivity contribution in [1.82, 2.24) is 4.90 Å². The number of ether oxygens (including phenoxy) is 1. The second-order valence-corrected chi connectivity index (χ2v) is 6.08. The maximum Gasteiger partial charge on any atom is 0.322 e. The van der Waals surface area contributed by atoms with E-state index in [4.69, 9.17) is 4.74 Å². The Morgan fingerprint density at radius 2 is 1.82 bits per heavy atom. The summed E-state index contributed by atoms with van der Waals surface area (Å²) in [5.41, 5.74) is 3.23. The molecule has 0 atom stereocenters. The van der Waals surface area contributed by atoms with Crippen LogP contribution in [-0.2, 0) is 4.74 Å². The first-order valence-corrected chi connectivity index (χ1v) is 8.23. The summed E-state index contributed by atoms with van der Waals surface area (Å²) in [5, 5.41) is 3.06. The van der Waals surface area contributed by atoms with Crippen molar-refractivity contribution < 1.29 is 9.53 Å². The van der Waals surface area contributed by atoms with Gasteiger partial charge in [0.1, 0.15) is 0 Å². The molecule has 120 valence electrons. The third kappa shape index (κ3) is 3.53. The van der Waals surface area contributed by atoms with E-state index in [9.17, 15) is 4.79 Å². The van der Waals surface area contributed by atoms with E-state index in [1.807, 2.05) is 11.8 Å². The number of aryl methyl sites for hydroxylation is 1. The van der Waals surface area contributed by atoms with E-state index in [0.29, 0.717) is 26.3 Å². The van der Waals surface area contributed by atoms with Crippen LogP contribution in [0.5, 0.6) is 0 Å². The number of anilines is 2. The number of hydrogen-bond acceptors (Lipinski definition) is 3. The summed E-state index contributed by atoms with van der Waals surface area (Å²) in [7, 11) is 0. The van der Waals surface area contributed by atoms with E-state index >= 15 is 0 Å². The van der Waals surface area contributed by atoms with Crippen LogP contribution in [0.25, 0.3) is 0 Å². The summed E-state index contributed by atoms with van der Waals surface area (Å²) in [5.74, 6) is 0. The third-order valence-corrected chi connectivity index (χ3v) is 4.48. The Hall–Kier alpha value is -1.75. The SMILES string of the molecule is Cc1ccc(N2CCCCC2)cc1NC(=O)N1CCOCC1. The molecule has 2 fully saturated rings. The molecule has 2 amide bonds. The summed E-state index contributed by atoms with van der Waals surface area (Å²) in [6.45, 7) is 6.84. The van der Waals surface area contributed by atoms with Crippen molar-refractivity contribution in [1.29, 1.82) is 0 Å². The van der Waals surface area contributed by atoms with Crippen LogP contribution in [0.4, 0.5) is 16.2 Å². The second kappa shape index (κ2) is 7.01. The van der Waals surface area contributed by atoms with Gasteiger partial charge < -0.3 is 19.9 Å². The Labute approximate surface area is 132 Å². The number of carbonyl (C=O) groups excluding carboxylic acids is 1. The number of amides is 2. The Morgan fingerprint density at radius 1 is 1.09 bits per heavy atom. The number of carbonyl (C=O) groups is 1. The summed E-state index contributed by atoms with van der Waals surface area (Å²) in [6.07, 6.45) is 3.83. The average Bonchev–Trinajstić information content (AvgIpc) is 2.58. The molecule has 0 bridgehead atoms. The standard InChI is InChI=1S/C17H25N3O2/c1-14-5-6-15(19-7-3-2-4-8-19)13-16(14)18-17(21)20-9-11-22-12-10-20/h5-6,13H,2-4,7-12H2,1H3,(H,18,21). The third-order valence-electron chi connectivity index (χ3n) is 4.48. The summed E-state index contributed by atoms with van der Waals surface area (Å²) >= 11 is 0. The molecule has 5 nitrogen and oxygen atoms in total. The number of hydrogen-bond donors (Lipinski definition) is 1. The minimum atomic E-state index is -0.0257. The molecule has 0 saturated carbocycles. The van der Waals surface area contributed by atoms with Gasteiger partial charge in [-0.05, 0) is 43.9 Å². The highest BCUT2D eigenvalue weighted by atomic mass is 16.5. The molecule has 0 unspecified atom stereocenters. The van der Waals surface area contributed by atoms with Crippen LogP contribution in [0, 0.1) is 6.92 Å². The smallest absolute Gasteiger partial charge is 0.322 e. The molecule has 0 aromatic heterocycles. The van der Waals surface area contributed by atoms with Gasteiger partial charge in [-0.1, -0.05) is 6.07 Å². The molecular weight excluding hydrogens is 278 g/mol. The lowest BCUT2D eigenvalue weighted by atomic mass is 10.1. The lowest BCUT2D eigenvalue weighted by molar-refractivity contribution is 0.0564. The molecule has 2 aliphatic heterocycles. The molecule has 0 aliphatic carbocycles. The summed E-state index contributed by atoms with van der Waals surface area (Å²) in [4.78, 5) is 16.6. The maximum absolute atomic E-state index is 12.4. The van der Waals surface area contributed by atoms with Crippen molar-refractivity contribution in [2.45, 2.75) is 26.2 Å². The number of urea groups is 1. The predicted octanol–water partition coefficient (Wildman–Crippen LogP) is 2.85. The van der Waals surface area contributed by atoms with Crippen LogP contribution >= 0.6 is 0 Å². The number of benzene rings is 1. The van der Waals surface area contributed by atoms with E-state index in [1.165, 1.54) is 24.9 Å². The molecular formula is C17H25N3O2. The fraction of sp³-hybridized carbons (Fsp3) is 0.588. The quantitative estimate of drug-likeness (QED) is 0.914. The molecule has 3 rings (SSSR count). The molecule has 22 heavy (non-hydrogen) atoms. The summed E-state index contributed by atoms with van der Waals surface area (Å²) < 4.78 is 5.29. The number of nitrogens with zero attached hydrogens (tertiary/aromatic N) is 2. The number of nitrogens with one attached hydrogen (secondary N) is 1. The average molecular weight is 303 g/mol. The Bertz CT molecular complexity index is 521. The zero-order valence-electron chi connectivity index (χ0n) is 13.3. The van der Waals surface area contributed by atoms with Crippen molar-refractivity contribution in [3.8, 4) is 0 Å². The summed E-state index contributed by atoms with van der Waals surface area (Å²) in [6, 6.07) is 6.34. The van der Waals surface area contributed by atoms with Gasteiger partial charge >= 0.3 is 6.03 Å². The van der Waals surface area contributed by atoms with Gasteiger partial charge in [0.2, 0.25) is 0 Å². The van der Waals surface area contributed by atoms with E-state index < -0.39 is 0 Å². The van der Waals surface area contributed by atoms with Gasteiger partial charge in [-0.15, -0.1) is 0 Å². The Balaban J connectivity index is 1.70. The van der Waals surface area contributed by atoms with Crippen LogP contribution in [0.15, 0.2) is 18.2 Å². The first-order valence-electron chi connectivity index (χ1n) is 8.23. The normalized spacial score (nSPS) is 19.1. The van der Waals surface area contributed by atoms with Crippen LogP contribution in [0.1, 0.15) is 24.8 Å². The van der Waals surface area contributed by atoms with Crippen molar-refractivity contribution in [2.75, 3.05) is 49.6 Å². The fourth-order valence-electron chi connectivity index (χ4n) is 3.05. The fourth-order valence-corrected chi connectivity index (χ4v) is 3.05. The van der Waals surface area contributed by atoms with Crippen molar-refractivity contribution >= 4 is 17.4 Å². The zero-order valence-corrected chi connectivity index (χ0v) is 13.3. The first kappa shape index (κ1) is 15.2. The molecule has 0 spiro atoms. The minimum Gasteiger partial charge on any atom is -0.378 e. The van der Waals surface area contributed by atoms with Gasteiger partial charge in [-0.3, -0.25) is 0 Å². The first-order chi connectivity index (χ1) is 10.7. The van der Waals surface area contributed by atoms with E-state index in [1.54, 1.807) is 0 Å². The minimum absolute atomic E-state index is 0.0257. The second-order valence-electron chi connectivity index (χ2n) is 6.08. The molecule has 2 aliphatic rings. The van der Waals surface area contributed by atoms with Gasteiger partial charge in [0.15, 0.2) is 0 Å². The molecule has 1 aromatic rings. The molecule has 1 N–H and O–H groups in total. The Kier molecular flexibility index (Phi) is 4.83. The van der Waals surface area contributed by atoms with E-state index in [2.05, 4.69) is 28.4 Å². The van der Waals surface area contributed by atoms with Crippen molar-refractivity contribution in [2.24, 2.45) is 0 Å². The maximum atomic E-state index is 12.4. The molecule has 2 saturated heterocycles. The molecule has 0 radical (unpaired) electrons. The largest absolute Gasteiger partial charge is 0.378 e. The lowest BCUT2D eigenvalue weighted by Gasteiger charge is -2.30. The number of piperidine rings is 1. The molecule has 5 heteroatoms. The van der Waals surface area contributed by atoms with Crippen LogP contribution < -0.4 is 10.2 Å². The highest BCUT2D eigenvalue weighted by molar-refractivity contribution is 5.91. The van der Waals surface area contributed by atoms with Crippen LogP contribution in [0.2, 0.25) is 0 Å². The Morgan fingerprint density at radius 3 is 2.55 bits per heavy atom. The van der Waals surface area contributed by atoms with Gasteiger partial charge in [-0.2, -0.15) is 0 Å². The van der Waals surface area contributed by atoms with Crippen LogP contribution in [-0.4, -0.2) is 50.3 Å². The highest BCUT2D eigenvalue weighted by Gasteiger charge is 2.18. The molecule has 2 heterocycles. The predicted molar refractivity (Wildman–Crippen MR) is 88.7 cm³/mol. The van der Waals surface area contributed by atoms with Crippen LogP contribution in [0.3, 0.4) is 0 Å². The van der Waals surface area contributed by atoms with Gasteiger partial charge in [0.05, 0.1) is 13.2 Å². The number of rotatable bonds is 2.